The molecule has 0 aliphatic heterocycles. The number of ether oxygens (including phenoxy) is 1. The Balaban J connectivity index is 2.21. The summed E-state index contributed by atoms with van der Waals surface area (Å²) in [6.07, 6.45) is 0.257. The van der Waals surface area contributed by atoms with Crippen LogP contribution in [0.1, 0.15) is 26.0 Å². The summed E-state index contributed by atoms with van der Waals surface area (Å²) in [5, 5.41) is 8.44. The van der Waals surface area contributed by atoms with Crippen molar-refractivity contribution in [2.24, 2.45) is 7.05 Å². The fraction of sp³-hybridized carbons (Fsp3) is 0.438. The van der Waals surface area contributed by atoms with Crippen molar-refractivity contribution in [2.75, 3.05) is 7.11 Å². The molecule has 1 aromatic carbocycles. The highest BCUT2D eigenvalue weighted by Crippen LogP contribution is 2.14. The van der Waals surface area contributed by atoms with Crippen molar-refractivity contribution in [3.8, 4) is 0 Å². The number of amides is 1. The van der Waals surface area contributed by atoms with E-state index in [9.17, 15) is 9.59 Å². The van der Waals surface area contributed by atoms with Gasteiger partial charge in [0, 0.05) is 19.5 Å². The molecule has 6 nitrogen and oxygen atoms in total. The molecule has 22 heavy (non-hydrogen) atoms. The van der Waals surface area contributed by atoms with Gasteiger partial charge in [-0.25, -0.2) is 4.68 Å². The minimum atomic E-state index is -0.511. The SMILES string of the molecule is COC(C)(C)CC(=O)NCc1nn(C)c(=O)c2ccccc12. The molecule has 1 heterocycles. The van der Waals surface area contributed by atoms with Gasteiger partial charge < -0.3 is 10.1 Å². The lowest BCUT2D eigenvalue weighted by Gasteiger charge is -2.21. The zero-order chi connectivity index (χ0) is 16.3. The number of rotatable bonds is 5. The van der Waals surface area contributed by atoms with Crippen LogP contribution in [0.15, 0.2) is 29.1 Å². The normalized spacial score (nSPS) is 11.6. The number of carbonyl (C=O) groups is 1. The first-order valence-corrected chi connectivity index (χ1v) is 7.11. The first kappa shape index (κ1) is 16.2. The molecule has 2 aromatic rings. The maximum atomic E-state index is 12.0. The van der Waals surface area contributed by atoms with Crippen LogP contribution in [0.3, 0.4) is 0 Å². The summed E-state index contributed by atoms with van der Waals surface area (Å²) < 4.78 is 6.54. The number of nitrogens with one attached hydrogen (secondary N) is 1. The molecular weight excluding hydrogens is 282 g/mol. The zero-order valence-electron chi connectivity index (χ0n) is 13.3. The van der Waals surface area contributed by atoms with Crippen LogP contribution < -0.4 is 10.9 Å². The summed E-state index contributed by atoms with van der Waals surface area (Å²) in [7, 11) is 3.18. The monoisotopic (exact) mass is 303 g/mol. The topological polar surface area (TPSA) is 73.2 Å². The van der Waals surface area contributed by atoms with E-state index in [2.05, 4.69) is 10.4 Å². The molecular formula is C16H21N3O3. The average Bonchev–Trinajstić information content (AvgIpc) is 2.49. The van der Waals surface area contributed by atoms with Gasteiger partial charge in [0.15, 0.2) is 0 Å². The van der Waals surface area contributed by atoms with E-state index in [1.54, 1.807) is 20.2 Å². The van der Waals surface area contributed by atoms with Crippen LogP contribution in [0.2, 0.25) is 0 Å². The molecule has 118 valence electrons. The molecule has 0 aliphatic rings. The Labute approximate surface area is 129 Å². The standard InChI is InChI=1S/C16H21N3O3/c1-16(2,22-4)9-14(20)17-10-13-11-7-5-6-8-12(11)15(21)19(3)18-13/h5-8H,9-10H2,1-4H3,(H,17,20). The number of aryl methyl sites for hydroxylation is 1. The van der Waals surface area contributed by atoms with Gasteiger partial charge in [-0.05, 0) is 19.9 Å². The summed E-state index contributed by atoms with van der Waals surface area (Å²) in [6.45, 7) is 3.98. The molecule has 0 radical (unpaired) electrons. The molecule has 1 N–H and O–H groups in total. The van der Waals surface area contributed by atoms with Crippen molar-refractivity contribution in [3.05, 3.63) is 40.3 Å². The minimum Gasteiger partial charge on any atom is -0.378 e. The first-order valence-electron chi connectivity index (χ1n) is 7.11. The first-order chi connectivity index (χ1) is 10.3. The Kier molecular flexibility index (Phi) is 4.61. The van der Waals surface area contributed by atoms with Gasteiger partial charge in [-0.15, -0.1) is 0 Å². The molecule has 0 bridgehead atoms. The molecule has 1 amide bonds. The Hall–Kier alpha value is -2.21. The van der Waals surface area contributed by atoms with Crippen LogP contribution in [0, 0.1) is 0 Å². The number of aromatic nitrogens is 2. The minimum absolute atomic E-state index is 0.119. The van der Waals surface area contributed by atoms with Gasteiger partial charge in [-0.3, -0.25) is 9.59 Å². The number of carbonyl (C=O) groups excluding carboxylic acids is 1. The van der Waals surface area contributed by atoms with Crippen LogP contribution in [-0.4, -0.2) is 28.4 Å². The quantitative estimate of drug-likeness (QED) is 0.905. The van der Waals surface area contributed by atoms with Crippen molar-refractivity contribution in [2.45, 2.75) is 32.4 Å². The molecule has 0 unspecified atom stereocenters. The van der Waals surface area contributed by atoms with Crippen molar-refractivity contribution in [1.29, 1.82) is 0 Å². The van der Waals surface area contributed by atoms with E-state index < -0.39 is 5.60 Å². The Morgan fingerprint density at radius 3 is 2.59 bits per heavy atom. The average molecular weight is 303 g/mol. The lowest BCUT2D eigenvalue weighted by molar-refractivity contribution is -0.126. The largest absolute Gasteiger partial charge is 0.378 e. The summed E-state index contributed by atoms with van der Waals surface area (Å²) in [6, 6.07) is 7.26. The molecule has 0 saturated heterocycles. The summed E-state index contributed by atoms with van der Waals surface area (Å²) in [5.41, 5.74) is 0.0100. The van der Waals surface area contributed by atoms with Gasteiger partial charge in [0.25, 0.3) is 5.56 Å². The van der Waals surface area contributed by atoms with Gasteiger partial charge in [0.05, 0.1) is 29.6 Å². The number of fused-ring (bicyclic) bond motifs is 1. The van der Waals surface area contributed by atoms with Crippen LogP contribution in [0.5, 0.6) is 0 Å². The van der Waals surface area contributed by atoms with E-state index in [4.69, 9.17) is 4.74 Å². The highest BCUT2D eigenvalue weighted by atomic mass is 16.5. The van der Waals surface area contributed by atoms with E-state index in [0.29, 0.717) is 11.1 Å². The van der Waals surface area contributed by atoms with Crippen molar-refractivity contribution >= 4 is 16.7 Å². The highest BCUT2D eigenvalue weighted by molar-refractivity contribution is 5.84. The Morgan fingerprint density at radius 1 is 1.32 bits per heavy atom. The van der Waals surface area contributed by atoms with Gasteiger partial charge in [-0.1, -0.05) is 18.2 Å². The van der Waals surface area contributed by atoms with Crippen molar-refractivity contribution in [3.63, 3.8) is 0 Å². The predicted octanol–water partition coefficient (Wildman–Crippen LogP) is 1.36. The third-order valence-corrected chi connectivity index (χ3v) is 3.62. The smallest absolute Gasteiger partial charge is 0.274 e. The van der Waals surface area contributed by atoms with Crippen LogP contribution in [-0.2, 0) is 23.1 Å². The lowest BCUT2D eigenvalue weighted by atomic mass is 10.0. The molecule has 0 saturated carbocycles. The van der Waals surface area contributed by atoms with E-state index in [1.807, 2.05) is 32.0 Å². The maximum Gasteiger partial charge on any atom is 0.274 e. The molecule has 2 rings (SSSR count). The fourth-order valence-electron chi connectivity index (χ4n) is 2.21. The second-order valence-corrected chi connectivity index (χ2v) is 5.84. The Bertz CT molecular complexity index is 750. The van der Waals surface area contributed by atoms with E-state index in [1.165, 1.54) is 4.68 Å². The molecule has 0 atom stereocenters. The summed E-state index contributed by atoms with van der Waals surface area (Å²) in [4.78, 5) is 24.0. The van der Waals surface area contributed by atoms with E-state index in [-0.39, 0.29) is 24.4 Å². The van der Waals surface area contributed by atoms with Crippen LogP contribution >= 0.6 is 0 Å². The summed E-state index contributed by atoms with van der Waals surface area (Å²) in [5.74, 6) is -0.119. The third kappa shape index (κ3) is 3.51. The fourth-order valence-corrected chi connectivity index (χ4v) is 2.21. The molecule has 0 spiro atoms. The molecule has 0 aliphatic carbocycles. The number of methoxy groups -OCH3 is 1. The molecule has 0 fully saturated rings. The summed E-state index contributed by atoms with van der Waals surface area (Å²) >= 11 is 0. The van der Waals surface area contributed by atoms with Gasteiger partial charge in [0.2, 0.25) is 5.91 Å². The van der Waals surface area contributed by atoms with Gasteiger partial charge >= 0.3 is 0 Å². The zero-order valence-corrected chi connectivity index (χ0v) is 13.3. The van der Waals surface area contributed by atoms with Gasteiger partial charge in [0.1, 0.15) is 0 Å². The third-order valence-electron chi connectivity index (χ3n) is 3.62. The number of hydrogen-bond acceptors (Lipinski definition) is 4. The lowest BCUT2D eigenvalue weighted by Crippen LogP contribution is -2.34. The van der Waals surface area contributed by atoms with Crippen LogP contribution in [0.25, 0.3) is 10.8 Å². The highest BCUT2D eigenvalue weighted by Gasteiger charge is 2.21. The van der Waals surface area contributed by atoms with E-state index in [0.717, 1.165) is 5.39 Å². The number of hydrogen-bond donors (Lipinski definition) is 1. The maximum absolute atomic E-state index is 12.0. The number of benzene rings is 1. The second-order valence-electron chi connectivity index (χ2n) is 5.84. The molecule has 6 heteroatoms. The van der Waals surface area contributed by atoms with Crippen molar-refractivity contribution in [1.82, 2.24) is 15.1 Å². The predicted molar refractivity (Wildman–Crippen MR) is 84.5 cm³/mol. The molecule has 1 aromatic heterocycles. The second kappa shape index (κ2) is 6.27. The number of nitrogens with zero attached hydrogens (tertiary/aromatic N) is 2. The van der Waals surface area contributed by atoms with Crippen LogP contribution in [0.4, 0.5) is 0 Å². The van der Waals surface area contributed by atoms with E-state index >= 15 is 0 Å². The Morgan fingerprint density at radius 2 is 1.95 bits per heavy atom. The van der Waals surface area contributed by atoms with Gasteiger partial charge in [-0.2, -0.15) is 5.10 Å². The van der Waals surface area contributed by atoms with Crippen molar-refractivity contribution < 1.29 is 9.53 Å².